The maximum atomic E-state index is 11.3. The summed E-state index contributed by atoms with van der Waals surface area (Å²) in [5.74, 6) is -0.975. The number of aromatic carboxylic acids is 1. The minimum Gasteiger partial charge on any atom is -0.478 e. The molecule has 0 spiro atoms. The van der Waals surface area contributed by atoms with E-state index in [0.717, 1.165) is 5.56 Å². The Morgan fingerprint density at radius 3 is 2.71 bits per heavy atom. The molecule has 5 nitrogen and oxygen atoms in total. The van der Waals surface area contributed by atoms with Crippen LogP contribution < -0.4 is 0 Å². The van der Waals surface area contributed by atoms with Crippen molar-refractivity contribution in [2.24, 2.45) is 0 Å². The second-order valence-electron chi connectivity index (χ2n) is 4.78. The van der Waals surface area contributed by atoms with E-state index in [1.807, 2.05) is 24.3 Å². The smallest absolute Gasteiger partial charge is 0.336 e. The number of nitrogens with zero attached hydrogens (tertiary/aromatic N) is 3. The predicted molar refractivity (Wildman–Crippen MR) is 79.8 cm³/mol. The number of carboxylic acids is 1. The van der Waals surface area contributed by atoms with Gasteiger partial charge in [-0.05, 0) is 30.7 Å². The Bertz CT molecular complexity index is 825. The van der Waals surface area contributed by atoms with Gasteiger partial charge in [0.05, 0.1) is 23.7 Å². The van der Waals surface area contributed by atoms with Crippen LogP contribution in [0.2, 0.25) is 5.02 Å². The number of halogens is 1. The molecule has 2 aromatic heterocycles. The molecular formula is C15H12ClN3O2. The second kappa shape index (κ2) is 5.18. The summed E-state index contributed by atoms with van der Waals surface area (Å²) in [7, 11) is 0. The van der Waals surface area contributed by atoms with Crippen LogP contribution in [0.4, 0.5) is 0 Å². The molecule has 0 fully saturated rings. The van der Waals surface area contributed by atoms with Crippen LogP contribution in [0.25, 0.3) is 11.0 Å². The first-order valence-electron chi connectivity index (χ1n) is 6.35. The number of aromatic nitrogens is 3. The van der Waals surface area contributed by atoms with Crippen LogP contribution in [-0.4, -0.2) is 25.8 Å². The topological polar surface area (TPSA) is 68.0 Å². The molecule has 6 heteroatoms. The number of carbonyl (C=O) groups is 1. The molecule has 2 heterocycles. The summed E-state index contributed by atoms with van der Waals surface area (Å²) in [6, 6.07) is 8.99. The Balaban J connectivity index is 2.07. The quantitative estimate of drug-likeness (QED) is 0.807. The van der Waals surface area contributed by atoms with Crippen LogP contribution >= 0.6 is 11.6 Å². The molecule has 0 saturated carbocycles. The zero-order chi connectivity index (χ0) is 15.0. The lowest BCUT2D eigenvalue weighted by atomic mass is 10.1. The number of rotatable bonds is 3. The average Bonchev–Trinajstić information content (AvgIpc) is 2.83. The molecule has 0 aliphatic rings. The largest absolute Gasteiger partial charge is 0.478 e. The van der Waals surface area contributed by atoms with Crippen LogP contribution in [-0.2, 0) is 6.54 Å². The van der Waals surface area contributed by atoms with E-state index >= 15 is 0 Å². The second-order valence-corrected chi connectivity index (χ2v) is 5.22. The monoisotopic (exact) mass is 301 g/mol. The van der Waals surface area contributed by atoms with E-state index in [1.165, 1.54) is 0 Å². The van der Waals surface area contributed by atoms with Crippen molar-refractivity contribution in [1.82, 2.24) is 14.8 Å². The van der Waals surface area contributed by atoms with Gasteiger partial charge >= 0.3 is 5.97 Å². The summed E-state index contributed by atoms with van der Waals surface area (Å²) in [5.41, 5.74) is 2.46. The Morgan fingerprint density at radius 1 is 1.33 bits per heavy atom. The van der Waals surface area contributed by atoms with E-state index in [1.54, 1.807) is 23.9 Å². The van der Waals surface area contributed by atoms with Gasteiger partial charge in [0.25, 0.3) is 0 Å². The van der Waals surface area contributed by atoms with E-state index in [9.17, 15) is 9.90 Å². The lowest BCUT2D eigenvalue weighted by Crippen LogP contribution is -2.05. The average molecular weight is 302 g/mol. The molecule has 0 saturated heterocycles. The molecule has 0 unspecified atom stereocenters. The highest BCUT2D eigenvalue weighted by atomic mass is 35.5. The van der Waals surface area contributed by atoms with Crippen molar-refractivity contribution in [3.63, 3.8) is 0 Å². The van der Waals surface area contributed by atoms with E-state index in [2.05, 4.69) is 10.1 Å². The lowest BCUT2D eigenvalue weighted by Gasteiger charge is -2.05. The van der Waals surface area contributed by atoms with Gasteiger partial charge < -0.3 is 5.11 Å². The Hall–Kier alpha value is -2.40. The van der Waals surface area contributed by atoms with E-state index < -0.39 is 5.97 Å². The number of hydrogen-bond acceptors (Lipinski definition) is 3. The number of hydrogen-bond donors (Lipinski definition) is 1. The van der Waals surface area contributed by atoms with Crippen LogP contribution in [0.15, 0.2) is 36.5 Å². The third-order valence-corrected chi connectivity index (χ3v) is 3.47. The molecule has 1 N–H and O–H groups in total. The van der Waals surface area contributed by atoms with Gasteiger partial charge in [0.15, 0.2) is 5.65 Å². The molecule has 3 aromatic rings. The molecule has 0 aliphatic carbocycles. The summed E-state index contributed by atoms with van der Waals surface area (Å²) in [4.78, 5) is 15.7. The van der Waals surface area contributed by atoms with E-state index in [-0.39, 0.29) is 5.56 Å². The number of carboxylic acid groups (broad SMARTS) is 1. The molecule has 21 heavy (non-hydrogen) atoms. The summed E-state index contributed by atoms with van der Waals surface area (Å²) >= 11 is 5.86. The zero-order valence-electron chi connectivity index (χ0n) is 11.2. The summed E-state index contributed by atoms with van der Waals surface area (Å²) in [6.07, 6.45) is 1.54. The summed E-state index contributed by atoms with van der Waals surface area (Å²) < 4.78 is 1.69. The van der Waals surface area contributed by atoms with E-state index in [4.69, 9.17) is 11.6 Å². The fourth-order valence-electron chi connectivity index (χ4n) is 2.23. The van der Waals surface area contributed by atoms with Gasteiger partial charge in [0.2, 0.25) is 0 Å². The van der Waals surface area contributed by atoms with Crippen LogP contribution in [0.1, 0.15) is 21.6 Å². The molecule has 0 amide bonds. The molecule has 0 aliphatic heterocycles. The predicted octanol–water partition coefficient (Wildman–Crippen LogP) is 3.14. The van der Waals surface area contributed by atoms with Crippen molar-refractivity contribution in [3.8, 4) is 0 Å². The summed E-state index contributed by atoms with van der Waals surface area (Å²) in [6.45, 7) is 2.28. The standard InChI is InChI=1S/C15H12ClN3O2/c1-9-6-12(15(20)21)13-7-17-19(14(13)18-9)8-10-2-4-11(16)5-3-10/h2-7H,8H2,1H3,(H,20,21). The van der Waals surface area contributed by atoms with Crippen molar-refractivity contribution < 1.29 is 9.90 Å². The number of aryl methyl sites for hydroxylation is 1. The van der Waals surface area contributed by atoms with Gasteiger partial charge in [0, 0.05) is 10.7 Å². The molecule has 0 bridgehead atoms. The Kier molecular flexibility index (Phi) is 3.35. The van der Waals surface area contributed by atoms with Crippen molar-refractivity contribution >= 4 is 28.6 Å². The number of benzene rings is 1. The SMILES string of the molecule is Cc1cc(C(=O)O)c2cnn(Cc3ccc(Cl)cc3)c2n1. The molecular weight excluding hydrogens is 290 g/mol. The van der Waals surface area contributed by atoms with Crippen molar-refractivity contribution in [3.05, 3.63) is 58.4 Å². The first-order valence-corrected chi connectivity index (χ1v) is 6.73. The number of fused-ring (bicyclic) bond motifs is 1. The molecule has 3 rings (SSSR count). The van der Waals surface area contributed by atoms with Gasteiger partial charge in [-0.2, -0.15) is 5.10 Å². The first-order chi connectivity index (χ1) is 10.0. The fraction of sp³-hybridized carbons (Fsp3) is 0.133. The van der Waals surface area contributed by atoms with Gasteiger partial charge in [0.1, 0.15) is 0 Å². The van der Waals surface area contributed by atoms with Gasteiger partial charge in [-0.15, -0.1) is 0 Å². The minimum atomic E-state index is -0.975. The van der Waals surface area contributed by atoms with Crippen LogP contribution in [0.3, 0.4) is 0 Å². The molecule has 106 valence electrons. The molecule has 0 atom stereocenters. The Labute approximate surface area is 125 Å². The maximum absolute atomic E-state index is 11.3. The highest BCUT2D eigenvalue weighted by molar-refractivity contribution is 6.30. The number of pyridine rings is 1. The first kappa shape index (κ1) is 13.6. The fourth-order valence-corrected chi connectivity index (χ4v) is 2.35. The zero-order valence-corrected chi connectivity index (χ0v) is 12.0. The Morgan fingerprint density at radius 2 is 2.05 bits per heavy atom. The van der Waals surface area contributed by atoms with E-state index in [0.29, 0.717) is 28.3 Å². The molecule has 1 aromatic carbocycles. The van der Waals surface area contributed by atoms with Gasteiger partial charge in [-0.3, -0.25) is 0 Å². The normalized spacial score (nSPS) is 11.0. The van der Waals surface area contributed by atoms with Crippen molar-refractivity contribution in [2.45, 2.75) is 13.5 Å². The van der Waals surface area contributed by atoms with Crippen LogP contribution in [0.5, 0.6) is 0 Å². The minimum absolute atomic E-state index is 0.222. The highest BCUT2D eigenvalue weighted by Crippen LogP contribution is 2.19. The van der Waals surface area contributed by atoms with Crippen LogP contribution in [0, 0.1) is 6.92 Å². The lowest BCUT2D eigenvalue weighted by molar-refractivity contribution is 0.0699. The maximum Gasteiger partial charge on any atom is 0.336 e. The molecule has 0 radical (unpaired) electrons. The van der Waals surface area contributed by atoms with Crippen molar-refractivity contribution in [2.75, 3.05) is 0 Å². The third kappa shape index (κ3) is 2.60. The van der Waals surface area contributed by atoms with Gasteiger partial charge in [-0.1, -0.05) is 23.7 Å². The van der Waals surface area contributed by atoms with Gasteiger partial charge in [-0.25, -0.2) is 14.5 Å². The third-order valence-electron chi connectivity index (χ3n) is 3.21. The summed E-state index contributed by atoms with van der Waals surface area (Å²) in [5, 5.41) is 14.7. The van der Waals surface area contributed by atoms with Crippen molar-refractivity contribution in [1.29, 1.82) is 0 Å². The highest BCUT2D eigenvalue weighted by Gasteiger charge is 2.14.